The molecule has 0 saturated heterocycles. The Balaban J connectivity index is 1.11. The van der Waals surface area contributed by atoms with Crippen LogP contribution in [0.5, 0.6) is 0 Å². The van der Waals surface area contributed by atoms with Gasteiger partial charge in [0, 0.05) is 59.7 Å². The number of allylic oxidation sites excluding steroid dienone is 8. The third-order valence-electron chi connectivity index (χ3n) is 19.4. The number of esters is 4. The Kier molecular flexibility index (Phi) is 13.5. The van der Waals surface area contributed by atoms with Crippen LogP contribution in [-0.4, -0.2) is 118 Å². The molecule has 2 N–H and O–H groups in total. The fourth-order valence-electron chi connectivity index (χ4n) is 15.9. The summed E-state index contributed by atoms with van der Waals surface area (Å²) in [5.41, 5.74) is -16.8. The van der Waals surface area contributed by atoms with Gasteiger partial charge in [0.25, 0.3) is 0 Å². The van der Waals surface area contributed by atoms with Crippen LogP contribution in [0.1, 0.15) is 132 Å². The van der Waals surface area contributed by atoms with E-state index in [9.17, 15) is 48.6 Å². The lowest BCUT2D eigenvalue weighted by Gasteiger charge is -2.64. The SMILES string of the molecule is CCCC(=O)O[C@]1(C(=O)COC(C)=O)CC[C@H]2[C@@H]3C[C@H](F)C4=CC(=O)C=C(CCC(=O)O[C@]5(C(=O)COC(=O)CC)CCC6C7C[C@@H](F)C8=CC(=O)C=C[C@]8(C)[C@]7(F)C(O)C[C@@]65C)[C@]4(C)[C@@]3(F)C(O)C[C@@]21C. The van der Waals surface area contributed by atoms with Crippen molar-refractivity contribution in [2.45, 2.75) is 179 Å². The Morgan fingerprint density at radius 2 is 1.17 bits per heavy atom. The quantitative estimate of drug-likeness (QED) is 0.104. The second kappa shape index (κ2) is 18.2. The van der Waals surface area contributed by atoms with Crippen molar-refractivity contribution in [2.75, 3.05) is 13.2 Å². The van der Waals surface area contributed by atoms with Crippen LogP contribution >= 0.6 is 0 Å². The molecule has 8 aliphatic rings. The highest BCUT2D eigenvalue weighted by Crippen LogP contribution is 2.73. The molecule has 4 unspecified atom stereocenters. The Bertz CT molecular complexity index is 2500. The van der Waals surface area contributed by atoms with Crippen molar-refractivity contribution in [1.82, 2.24) is 0 Å². The minimum atomic E-state index is -2.76. The highest BCUT2D eigenvalue weighted by atomic mass is 19.2. The van der Waals surface area contributed by atoms with Crippen LogP contribution in [0, 0.1) is 45.3 Å². The summed E-state index contributed by atoms with van der Waals surface area (Å²) in [6.45, 7) is 8.58. The molecule has 18 heteroatoms. The number of ketones is 4. The van der Waals surface area contributed by atoms with Crippen LogP contribution in [0.4, 0.5) is 17.6 Å². The van der Waals surface area contributed by atoms with Gasteiger partial charge in [-0.25, -0.2) is 17.6 Å². The molecule has 0 spiro atoms. The Morgan fingerprint density at radius 1 is 0.667 bits per heavy atom. The van der Waals surface area contributed by atoms with E-state index in [0.29, 0.717) is 6.42 Å². The molecule has 16 atom stereocenters. The predicted octanol–water partition coefficient (Wildman–Crippen LogP) is 6.79. The van der Waals surface area contributed by atoms with E-state index < -0.39 is 191 Å². The molecule has 6 fully saturated rings. The van der Waals surface area contributed by atoms with E-state index in [2.05, 4.69) is 0 Å². The molecule has 0 aromatic rings. The summed E-state index contributed by atoms with van der Waals surface area (Å²) in [6, 6.07) is 0. The molecule has 72 heavy (non-hydrogen) atoms. The van der Waals surface area contributed by atoms with Crippen molar-refractivity contribution in [2.24, 2.45) is 45.3 Å². The van der Waals surface area contributed by atoms with E-state index in [0.717, 1.165) is 31.2 Å². The second-order valence-corrected chi connectivity index (χ2v) is 22.5. The monoisotopic (exact) mass is 1010 g/mol. The summed E-state index contributed by atoms with van der Waals surface area (Å²) in [7, 11) is 0. The number of carbonyl (C=O) groups excluding carboxylic acids is 8. The van der Waals surface area contributed by atoms with Crippen molar-refractivity contribution >= 4 is 47.0 Å². The van der Waals surface area contributed by atoms with Crippen LogP contribution in [0.25, 0.3) is 0 Å². The molecule has 0 aromatic carbocycles. The van der Waals surface area contributed by atoms with Crippen molar-refractivity contribution in [1.29, 1.82) is 0 Å². The number of ether oxygens (including phenoxy) is 4. The lowest BCUT2D eigenvalue weighted by molar-refractivity contribution is -0.231. The van der Waals surface area contributed by atoms with Gasteiger partial charge in [0.15, 0.2) is 47.3 Å². The van der Waals surface area contributed by atoms with Gasteiger partial charge in [0.05, 0.1) is 12.2 Å². The molecular formula is C54H66F4O14. The maximum atomic E-state index is 19.0. The minimum absolute atomic E-state index is 0.00668. The molecular weight excluding hydrogens is 949 g/mol. The van der Waals surface area contributed by atoms with Gasteiger partial charge in [0.1, 0.15) is 12.3 Å². The number of rotatable bonds is 14. The largest absolute Gasteiger partial charge is 0.458 e. The van der Waals surface area contributed by atoms with Crippen LogP contribution in [0.3, 0.4) is 0 Å². The van der Waals surface area contributed by atoms with Crippen molar-refractivity contribution < 1.29 is 85.1 Å². The number of aliphatic hydroxyl groups excluding tert-OH is 2. The van der Waals surface area contributed by atoms with E-state index in [-0.39, 0.29) is 55.2 Å². The summed E-state index contributed by atoms with van der Waals surface area (Å²) in [6.07, 6.45) is -5.35. The summed E-state index contributed by atoms with van der Waals surface area (Å²) >= 11 is 0. The summed E-state index contributed by atoms with van der Waals surface area (Å²) in [4.78, 5) is 107. The Labute approximate surface area is 415 Å². The number of hydrogen-bond acceptors (Lipinski definition) is 14. The van der Waals surface area contributed by atoms with E-state index in [1.54, 1.807) is 20.8 Å². The van der Waals surface area contributed by atoms with Crippen molar-refractivity contribution in [3.05, 3.63) is 47.1 Å². The van der Waals surface area contributed by atoms with Gasteiger partial charge in [-0.3, -0.25) is 38.4 Å². The van der Waals surface area contributed by atoms with Gasteiger partial charge in [-0.15, -0.1) is 0 Å². The standard InChI is InChI=1S/C54H66F4O14/c1-8-10-45(67)71-51(42(64)26-69-28(3)59)18-15-33-35-23-39(56)37-21-31(61)19-29(50(37,7)54(35,58)41(63)25-49(33,51)6)11-12-46(68)72-52(43(65)27-70-44(66)9-2)17-14-32-34-22-38(55)36-20-30(60)13-16-47(36,4)53(34,57)40(62)24-48(32,52)5/h13,16,19-21,32-35,38-41,62-63H,8-12,14-15,17-18,22-27H2,1-7H3/t32?,33-,34?,35-,38+,39-,40?,41?,47-,48-,49-,50-,51-,52-,53+,54-/m0/s1. The first kappa shape index (κ1) is 53.5. The normalized spacial score (nSPS) is 43.5. The maximum absolute atomic E-state index is 19.0. The average molecular weight is 1020 g/mol. The summed E-state index contributed by atoms with van der Waals surface area (Å²) in [5, 5.41) is 24.3. The van der Waals surface area contributed by atoms with E-state index in [4.69, 9.17) is 18.9 Å². The van der Waals surface area contributed by atoms with Crippen LogP contribution in [-0.2, 0) is 57.3 Å². The fraction of sp³-hybridized carbons (Fsp3) is 0.704. The maximum Gasteiger partial charge on any atom is 0.307 e. The highest BCUT2D eigenvalue weighted by molar-refractivity contribution is 6.03. The molecule has 8 aliphatic carbocycles. The number of aliphatic hydroxyl groups is 2. The van der Waals surface area contributed by atoms with E-state index in [1.807, 2.05) is 0 Å². The van der Waals surface area contributed by atoms with Crippen LogP contribution in [0.2, 0.25) is 0 Å². The molecule has 8 rings (SSSR count). The van der Waals surface area contributed by atoms with Gasteiger partial charge in [-0.1, -0.05) is 39.3 Å². The zero-order valence-electron chi connectivity index (χ0n) is 41.9. The first-order chi connectivity index (χ1) is 33.6. The van der Waals surface area contributed by atoms with Gasteiger partial charge in [0.2, 0.25) is 11.6 Å². The molecule has 0 bridgehead atoms. The van der Waals surface area contributed by atoms with Gasteiger partial charge < -0.3 is 29.2 Å². The first-order valence-electron chi connectivity index (χ1n) is 25.4. The molecule has 6 saturated carbocycles. The minimum Gasteiger partial charge on any atom is -0.458 e. The molecule has 14 nitrogen and oxygen atoms in total. The lowest BCUT2D eigenvalue weighted by Crippen LogP contribution is -2.71. The Morgan fingerprint density at radius 3 is 1.71 bits per heavy atom. The van der Waals surface area contributed by atoms with Crippen LogP contribution in [0.15, 0.2) is 47.1 Å². The fourth-order valence-corrected chi connectivity index (χ4v) is 15.9. The van der Waals surface area contributed by atoms with Crippen molar-refractivity contribution in [3.8, 4) is 0 Å². The first-order valence-corrected chi connectivity index (χ1v) is 25.4. The van der Waals surface area contributed by atoms with Crippen LogP contribution < -0.4 is 0 Å². The number of carbonyl (C=O) groups is 8. The second-order valence-electron chi connectivity index (χ2n) is 22.5. The van der Waals surface area contributed by atoms with Gasteiger partial charge in [-0.2, -0.15) is 0 Å². The molecule has 0 amide bonds. The third-order valence-corrected chi connectivity index (χ3v) is 19.4. The molecule has 0 heterocycles. The van der Waals surface area contributed by atoms with Crippen molar-refractivity contribution in [3.63, 3.8) is 0 Å². The summed E-state index contributed by atoms with van der Waals surface area (Å²) < 4.78 is 92.9. The number of Topliss-reactive ketones (excluding diaryl/α,β-unsaturated/α-hetero) is 2. The zero-order valence-corrected chi connectivity index (χ0v) is 41.9. The number of fused-ring (bicyclic) bond motifs is 10. The molecule has 394 valence electrons. The Hall–Kier alpha value is -4.84. The van der Waals surface area contributed by atoms with E-state index >= 15 is 17.6 Å². The third kappa shape index (κ3) is 7.34. The number of alkyl halides is 4. The molecule has 0 aliphatic heterocycles. The summed E-state index contributed by atoms with van der Waals surface area (Å²) in [5.74, 6) is -10.6. The zero-order chi connectivity index (χ0) is 52.9. The van der Waals surface area contributed by atoms with Gasteiger partial charge in [-0.05, 0) is 125 Å². The average Bonchev–Trinajstić information content (AvgIpc) is 3.76. The van der Waals surface area contributed by atoms with E-state index in [1.165, 1.54) is 26.8 Å². The van der Waals surface area contributed by atoms with Gasteiger partial charge >= 0.3 is 23.9 Å². The smallest absolute Gasteiger partial charge is 0.307 e. The lowest BCUT2D eigenvalue weighted by atomic mass is 9.42. The topological polar surface area (TPSA) is 214 Å². The predicted molar refractivity (Wildman–Crippen MR) is 246 cm³/mol. The number of hydrogen-bond donors (Lipinski definition) is 2. The number of halogens is 4. The molecule has 0 aromatic heterocycles. The highest BCUT2D eigenvalue weighted by Gasteiger charge is 2.79. The molecule has 0 radical (unpaired) electrons.